The maximum Gasteiger partial charge on any atom is 0.338 e. The van der Waals surface area contributed by atoms with Gasteiger partial charge in [0.1, 0.15) is 17.1 Å². The van der Waals surface area contributed by atoms with Gasteiger partial charge in [-0.15, -0.1) is 0 Å². The summed E-state index contributed by atoms with van der Waals surface area (Å²) in [5, 5.41) is 15.5. The third kappa shape index (κ3) is 4.29. The number of hydrogen-bond donors (Lipinski definition) is 2. The van der Waals surface area contributed by atoms with Gasteiger partial charge in [-0.2, -0.15) is 0 Å². The number of carbonyl (C=O) groups is 1. The van der Waals surface area contributed by atoms with Gasteiger partial charge in [-0.1, -0.05) is 29.8 Å². The van der Waals surface area contributed by atoms with Crippen molar-refractivity contribution in [1.82, 2.24) is 9.97 Å². The molecule has 1 unspecified atom stereocenters. The molecule has 7 heteroatoms. The number of hydrogen-bond acceptors (Lipinski definition) is 6. The van der Waals surface area contributed by atoms with Crippen molar-refractivity contribution >= 4 is 34.3 Å². The Morgan fingerprint density at radius 2 is 1.87 bits per heavy atom. The zero-order chi connectivity index (χ0) is 21.8. The molecule has 4 rings (SSSR count). The number of pyridine rings is 2. The van der Waals surface area contributed by atoms with Crippen molar-refractivity contribution in [3.05, 3.63) is 94.8 Å². The average Bonchev–Trinajstić information content (AvgIpc) is 2.81. The highest BCUT2D eigenvalue weighted by Crippen LogP contribution is 2.39. The van der Waals surface area contributed by atoms with Crippen molar-refractivity contribution in [2.75, 3.05) is 11.9 Å². The van der Waals surface area contributed by atoms with Crippen LogP contribution in [0, 0.1) is 0 Å². The quantitative estimate of drug-likeness (QED) is 0.398. The Morgan fingerprint density at radius 3 is 2.58 bits per heavy atom. The van der Waals surface area contributed by atoms with Gasteiger partial charge in [-0.05, 0) is 55.0 Å². The lowest BCUT2D eigenvalue weighted by Gasteiger charge is -2.22. The number of anilines is 1. The Kier molecular flexibility index (Phi) is 6.00. The second-order valence-electron chi connectivity index (χ2n) is 6.83. The minimum absolute atomic E-state index is 0.0305. The van der Waals surface area contributed by atoms with Crippen LogP contribution in [-0.4, -0.2) is 27.7 Å². The number of aromatic hydroxyl groups is 1. The summed E-state index contributed by atoms with van der Waals surface area (Å²) < 4.78 is 5.06. The predicted octanol–water partition coefficient (Wildman–Crippen LogP) is 5.37. The monoisotopic (exact) mass is 433 g/mol. The van der Waals surface area contributed by atoms with Gasteiger partial charge < -0.3 is 15.2 Å². The molecule has 0 fully saturated rings. The smallest absolute Gasteiger partial charge is 0.338 e. The molecule has 2 aromatic heterocycles. The highest BCUT2D eigenvalue weighted by molar-refractivity contribution is 6.35. The lowest BCUT2D eigenvalue weighted by Crippen LogP contribution is -2.14. The fourth-order valence-electron chi connectivity index (χ4n) is 3.39. The first kappa shape index (κ1) is 20.6. The largest absolute Gasteiger partial charge is 0.505 e. The molecular formula is C24H20ClN3O3. The molecule has 0 aliphatic carbocycles. The van der Waals surface area contributed by atoms with Gasteiger partial charge in [0.2, 0.25) is 0 Å². The van der Waals surface area contributed by atoms with E-state index in [1.54, 1.807) is 43.6 Å². The molecule has 2 heterocycles. The van der Waals surface area contributed by atoms with Gasteiger partial charge in [-0.25, -0.2) is 9.78 Å². The summed E-state index contributed by atoms with van der Waals surface area (Å²) in [7, 11) is 0. The average molecular weight is 434 g/mol. The molecule has 4 aromatic rings. The van der Waals surface area contributed by atoms with Crippen molar-refractivity contribution in [3.8, 4) is 5.75 Å². The number of aromatic nitrogens is 2. The van der Waals surface area contributed by atoms with Crippen LogP contribution in [0.1, 0.15) is 34.5 Å². The van der Waals surface area contributed by atoms with E-state index in [4.69, 9.17) is 16.3 Å². The minimum atomic E-state index is -0.491. The van der Waals surface area contributed by atoms with E-state index in [1.807, 2.05) is 36.4 Å². The molecular weight excluding hydrogens is 414 g/mol. The van der Waals surface area contributed by atoms with E-state index in [9.17, 15) is 9.90 Å². The summed E-state index contributed by atoms with van der Waals surface area (Å²) in [4.78, 5) is 20.7. The first-order valence-corrected chi connectivity index (χ1v) is 10.2. The number of ether oxygens (including phenoxy) is 1. The normalized spacial score (nSPS) is 11.8. The van der Waals surface area contributed by atoms with Crippen LogP contribution in [0.3, 0.4) is 0 Å². The van der Waals surface area contributed by atoms with Crippen molar-refractivity contribution in [2.24, 2.45) is 0 Å². The Labute approximate surface area is 184 Å². The first-order chi connectivity index (χ1) is 15.1. The summed E-state index contributed by atoms with van der Waals surface area (Å²) in [5.74, 6) is 0.269. The van der Waals surface area contributed by atoms with E-state index in [-0.39, 0.29) is 11.7 Å². The summed E-state index contributed by atoms with van der Waals surface area (Å²) >= 11 is 6.51. The van der Waals surface area contributed by atoms with Gasteiger partial charge in [0.05, 0.1) is 23.2 Å². The first-order valence-electron chi connectivity index (χ1n) is 9.79. The van der Waals surface area contributed by atoms with E-state index in [2.05, 4.69) is 15.3 Å². The zero-order valence-electron chi connectivity index (χ0n) is 16.7. The minimum Gasteiger partial charge on any atom is -0.505 e. The van der Waals surface area contributed by atoms with Gasteiger partial charge in [0.25, 0.3) is 0 Å². The molecule has 156 valence electrons. The van der Waals surface area contributed by atoms with Crippen molar-refractivity contribution in [2.45, 2.75) is 13.0 Å². The van der Waals surface area contributed by atoms with Crippen LogP contribution in [0.15, 0.2) is 73.1 Å². The molecule has 0 aliphatic heterocycles. The van der Waals surface area contributed by atoms with Gasteiger partial charge in [-0.3, -0.25) is 4.98 Å². The molecule has 0 spiro atoms. The summed E-state index contributed by atoms with van der Waals surface area (Å²) in [6, 6.07) is 17.3. The number of phenolic OH excluding ortho intramolecular Hbond substituents is 1. The fourth-order valence-corrected chi connectivity index (χ4v) is 3.66. The van der Waals surface area contributed by atoms with E-state index < -0.39 is 6.04 Å². The van der Waals surface area contributed by atoms with Crippen molar-refractivity contribution in [1.29, 1.82) is 0 Å². The van der Waals surface area contributed by atoms with Crippen LogP contribution >= 0.6 is 11.6 Å². The number of nitrogens with zero attached hydrogens (tertiary/aromatic N) is 2. The van der Waals surface area contributed by atoms with E-state index in [1.165, 1.54) is 0 Å². The molecule has 31 heavy (non-hydrogen) atoms. The third-order valence-electron chi connectivity index (χ3n) is 4.87. The van der Waals surface area contributed by atoms with Crippen molar-refractivity contribution < 1.29 is 14.6 Å². The Hall–Kier alpha value is -3.64. The molecule has 0 saturated heterocycles. The topological polar surface area (TPSA) is 84.3 Å². The lowest BCUT2D eigenvalue weighted by atomic mass is 9.95. The summed E-state index contributed by atoms with van der Waals surface area (Å²) in [5.41, 5.74) is 2.22. The number of nitrogens with one attached hydrogen (secondary N) is 1. The molecule has 0 amide bonds. The molecule has 0 bridgehead atoms. The molecule has 0 saturated carbocycles. The fraction of sp³-hybridized carbons (Fsp3) is 0.125. The number of rotatable bonds is 6. The number of benzene rings is 2. The maximum absolute atomic E-state index is 12.0. The van der Waals surface area contributed by atoms with E-state index in [0.717, 1.165) is 5.56 Å². The Bertz CT molecular complexity index is 1210. The molecule has 1 atom stereocenters. The Balaban J connectivity index is 1.81. The number of phenols is 1. The van der Waals surface area contributed by atoms with Gasteiger partial charge in [0.15, 0.2) is 0 Å². The number of carbonyl (C=O) groups excluding carboxylic acids is 1. The molecule has 0 aliphatic rings. The van der Waals surface area contributed by atoms with Crippen LogP contribution in [-0.2, 0) is 4.74 Å². The van der Waals surface area contributed by atoms with Crippen LogP contribution in [0.2, 0.25) is 5.02 Å². The lowest BCUT2D eigenvalue weighted by molar-refractivity contribution is 0.0526. The number of fused-ring (bicyclic) bond motifs is 1. The van der Waals surface area contributed by atoms with E-state index in [0.29, 0.717) is 39.5 Å². The van der Waals surface area contributed by atoms with Crippen LogP contribution in [0.4, 0.5) is 5.82 Å². The van der Waals surface area contributed by atoms with Crippen LogP contribution in [0.25, 0.3) is 10.9 Å². The summed E-state index contributed by atoms with van der Waals surface area (Å²) in [6.07, 6.45) is 3.29. The van der Waals surface area contributed by atoms with E-state index >= 15 is 0 Å². The molecule has 0 radical (unpaired) electrons. The second kappa shape index (κ2) is 9.02. The van der Waals surface area contributed by atoms with Crippen LogP contribution < -0.4 is 5.32 Å². The summed E-state index contributed by atoms with van der Waals surface area (Å²) in [6.45, 7) is 2.07. The van der Waals surface area contributed by atoms with Gasteiger partial charge in [0, 0.05) is 23.3 Å². The highest BCUT2D eigenvalue weighted by Gasteiger charge is 2.22. The predicted molar refractivity (Wildman–Crippen MR) is 121 cm³/mol. The zero-order valence-corrected chi connectivity index (χ0v) is 17.5. The number of halogens is 1. The SMILES string of the molecule is CCOC(=O)c1ccc(C(Nc2ccccn2)c2cc(Cl)c3cccnc3c2O)cc1. The molecule has 2 N–H and O–H groups in total. The second-order valence-corrected chi connectivity index (χ2v) is 7.24. The Morgan fingerprint density at radius 1 is 1.10 bits per heavy atom. The van der Waals surface area contributed by atoms with Crippen LogP contribution in [0.5, 0.6) is 5.75 Å². The molecule has 6 nitrogen and oxygen atoms in total. The number of esters is 1. The van der Waals surface area contributed by atoms with Crippen molar-refractivity contribution in [3.63, 3.8) is 0 Å². The standard InChI is InChI=1S/C24H20ClN3O3/c1-2-31-24(30)16-10-8-15(9-11-16)21(28-20-7-3-4-12-26-20)18-14-19(25)17-6-5-13-27-22(17)23(18)29/h3-14,21,29H,2H2,1H3,(H,26,28). The third-order valence-corrected chi connectivity index (χ3v) is 5.18. The maximum atomic E-state index is 12.0. The van der Waals surface area contributed by atoms with Gasteiger partial charge >= 0.3 is 5.97 Å². The molecule has 2 aromatic carbocycles. The highest BCUT2D eigenvalue weighted by atomic mass is 35.5.